The second kappa shape index (κ2) is 7.51. The molecule has 4 aliphatic rings. The number of hydrogen-bond donors (Lipinski definition) is 2. The van der Waals surface area contributed by atoms with E-state index >= 15 is 0 Å². The molecule has 0 radical (unpaired) electrons. The molecule has 0 aliphatic heterocycles. The van der Waals surface area contributed by atoms with E-state index in [9.17, 15) is 10.2 Å². The molecule has 0 spiro atoms. The predicted octanol–water partition coefficient (Wildman–Crippen LogP) is 6.73. The summed E-state index contributed by atoms with van der Waals surface area (Å²) in [6.07, 6.45) is 16.1. The first-order valence-electron chi connectivity index (χ1n) is 13.0. The lowest BCUT2D eigenvalue weighted by Gasteiger charge is -2.62. The van der Waals surface area contributed by atoms with Crippen LogP contribution in [-0.4, -0.2) is 21.4 Å². The SMILES string of the molecule is CCC(C)(O)CCC[C@H]1CC[C@H]2[C@@H]3CC[C@@H]4C[C@@](C)(O)CC[C@]4(C)[C@H]3CC[C@]12C. The zero-order valence-electron chi connectivity index (χ0n) is 20.0. The van der Waals surface area contributed by atoms with Crippen molar-refractivity contribution in [1.29, 1.82) is 0 Å². The van der Waals surface area contributed by atoms with E-state index in [1.165, 1.54) is 57.8 Å². The van der Waals surface area contributed by atoms with E-state index in [1.807, 2.05) is 6.92 Å². The van der Waals surface area contributed by atoms with Crippen molar-refractivity contribution in [3.63, 3.8) is 0 Å². The van der Waals surface area contributed by atoms with Crippen molar-refractivity contribution in [3.8, 4) is 0 Å². The van der Waals surface area contributed by atoms with Gasteiger partial charge >= 0.3 is 0 Å². The first-order chi connectivity index (χ1) is 13.5. The van der Waals surface area contributed by atoms with Gasteiger partial charge < -0.3 is 10.2 Å². The van der Waals surface area contributed by atoms with Crippen LogP contribution < -0.4 is 0 Å². The van der Waals surface area contributed by atoms with Crippen LogP contribution in [0, 0.1) is 40.4 Å². The maximum atomic E-state index is 10.7. The van der Waals surface area contributed by atoms with Crippen molar-refractivity contribution in [2.75, 3.05) is 0 Å². The van der Waals surface area contributed by atoms with E-state index < -0.39 is 11.2 Å². The van der Waals surface area contributed by atoms with Crippen molar-refractivity contribution in [3.05, 3.63) is 0 Å². The fourth-order valence-corrected chi connectivity index (χ4v) is 8.92. The van der Waals surface area contributed by atoms with Crippen molar-refractivity contribution < 1.29 is 10.2 Å². The standard InChI is InChI=1S/C27H48O2/c1-6-24(2,28)14-7-8-19-10-12-22-21-11-9-20-18-25(3,29)16-17-27(20,5)23(21)13-15-26(19,22)4/h19-23,28-29H,6-18H2,1-5H3/t19-,20+,21-,22-,23-,24?,25-,26+,27-/m0/s1. The molecule has 0 aromatic rings. The second-order valence-electron chi connectivity index (χ2n) is 12.9. The molecular formula is C27H48O2. The first kappa shape index (κ1) is 22.1. The Hall–Kier alpha value is -0.0800. The van der Waals surface area contributed by atoms with Gasteiger partial charge in [-0.25, -0.2) is 0 Å². The summed E-state index contributed by atoms with van der Waals surface area (Å²) in [5.41, 5.74) is 0.136. The molecule has 9 atom stereocenters. The van der Waals surface area contributed by atoms with Gasteiger partial charge in [-0.2, -0.15) is 0 Å². The fourth-order valence-electron chi connectivity index (χ4n) is 8.92. The van der Waals surface area contributed by atoms with Crippen LogP contribution >= 0.6 is 0 Å². The molecule has 4 aliphatic carbocycles. The lowest BCUT2D eigenvalue weighted by atomic mass is 9.44. The Labute approximate surface area is 180 Å². The maximum absolute atomic E-state index is 10.7. The molecule has 29 heavy (non-hydrogen) atoms. The molecule has 1 unspecified atom stereocenters. The third-order valence-corrected chi connectivity index (χ3v) is 11.2. The third-order valence-electron chi connectivity index (χ3n) is 11.2. The van der Waals surface area contributed by atoms with Crippen LogP contribution in [0.4, 0.5) is 0 Å². The maximum Gasteiger partial charge on any atom is 0.0622 e. The largest absolute Gasteiger partial charge is 0.390 e. The van der Waals surface area contributed by atoms with Gasteiger partial charge in [0.2, 0.25) is 0 Å². The molecule has 168 valence electrons. The van der Waals surface area contributed by atoms with E-state index in [1.54, 1.807) is 0 Å². The number of aliphatic hydroxyl groups is 2. The zero-order chi connectivity index (χ0) is 21.1. The highest BCUT2D eigenvalue weighted by Gasteiger charge is 2.60. The molecule has 4 rings (SSSR count). The summed E-state index contributed by atoms with van der Waals surface area (Å²) in [6.45, 7) is 11.4. The minimum atomic E-state index is -0.467. The average molecular weight is 405 g/mol. The molecule has 0 heterocycles. The van der Waals surface area contributed by atoms with Gasteiger partial charge in [0.05, 0.1) is 11.2 Å². The zero-order valence-corrected chi connectivity index (χ0v) is 20.0. The normalized spacial score (nSPS) is 51.6. The molecule has 2 heteroatoms. The Bertz CT molecular complexity index is 595. The van der Waals surface area contributed by atoms with Crippen LogP contribution in [0.25, 0.3) is 0 Å². The fraction of sp³-hybridized carbons (Fsp3) is 1.00. The third kappa shape index (κ3) is 3.84. The Kier molecular flexibility index (Phi) is 5.73. The van der Waals surface area contributed by atoms with Crippen molar-refractivity contribution in [2.24, 2.45) is 40.4 Å². The minimum absolute atomic E-state index is 0.418. The van der Waals surface area contributed by atoms with E-state index in [-0.39, 0.29) is 0 Å². The number of fused-ring (bicyclic) bond motifs is 5. The van der Waals surface area contributed by atoms with Crippen LogP contribution in [0.5, 0.6) is 0 Å². The van der Waals surface area contributed by atoms with Gasteiger partial charge in [0.25, 0.3) is 0 Å². The minimum Gasteiger partial charge on any atom is -0.390 e. The molecule has 2 N–H and O–H groups in total. The lowest BCUT2D eigenvalue weighted by Crippen LogP contribution is -2.55. The quantitative estimate of drug-likeness (QED) is 0.533. The van der Waals surface area contributed by atoms with Crippen LogP contribution in [-0.2, 0) is 0 Å². The van der Waals surface area contributed by atoms with Gasteiger partial charge in [-0.1, -0.05) is 27.2 Å². The summed E-state index contributed by atoms with van der Waals surface area (Å²) in [6, 6.07) is 0. The molecular weight excluding hydrogens is 356 g/mol. The van der Waals surface area contributed by atoms with Crippen LogP contribution in [0.1, 0.15) is 118 Å². The summed E-state index contributed by atoms with van der Waals surface area (Å²) in [5, 5.41) is 21.1. The number of hydrogen-bond acceptors (Lipinski definition) is 2. The molecule has 0 aromatic carbocycles. The number of rotatable bonds is 5. The monoisotopic (exact) mass is 404 g/mol. The van der Waals surface area contributed by atoms with Crippen LogP contribution in [0.15, 0.2) is 0 Å². The smallest absolute Gasteiger partial charge is 0.0622 e. The Morgan fingerprint density at radius 2 is 1.62 bits per heavy atom. The highest BCUT2D eigenvalue weighted by molar-refractivity contribution is 5.10. The van der Waals surface area contributed by atoms with Crippen LogP contribution in [0.3, 0.4) is 0 Å². The Morgan fingerprint density at radius 3 is 2.34 bits per heavy atom. The van der Waals surface area contributed by atoms with Gasteiger partial charge in [-0.15, -0.1) is 0 Å². The average Bonchev–Trinajstić information content (AvgIpc) is 2.99. The predicted molar refractivity (Wildman–Crippen MR) is 121 cm³/mol. The molecule has 2 nitrogen and oxygen atoms in total. The summed E-state index contributed by atoms with van der Waals surface area (Å²) < 4.78 is 0. The Balaban J connectivity index is 1.44. The van der Waals surface area contributed by atoms with E-state index in [0.717, 1.165) is 55.3 Å². The summed E-state index contributed by atoms with van der Waals surface area (Å²) in [7, 11) is 0. The molecule has 0 aromatic heterocycles. The summed E-state index contributed by atoms with van der Waals surface area (Å²) >= 11 is 0. The summed E-state index contributed by atoms with van der Waals surface area (Å²) in [4.78, 5) is 0. The van der Waals surface area contributed by atoms with Gasteiger partial charge in [0, 0.05) is 0 Å². The van der Waals surface area contributed by atoms with Crippen molar-refractivity contribution >= 4 is 0 Å². The van der Waals surface area contributed by atoms with E-state index in [2.05, 4.69) is 27.7 Å². The van der Waals surface area contributed by atoms with E-state index in [4.69, 9.17) is 0 Å². The van der Waals surface area contributed by atoms with Gasteiger partial charge in [-0.05, 0) is 131 Å². The first-order valence-corrected chi connectivity index (χ1v) is 13.0. The molecule has 0 saturated heterocycles. The van der Waals surface area contributed by atoms with Gasteiger partial charge in [0.15, 0.2) is 0 Å². The van der Waals surface area contributed by atoms with Crippen molar-refractivity contribution in [2.45, 2.75) is 129 Å². The Morgan fingerprint density at radius 1 is 0.897 bits per heavy atom. The van der Waals surface area contributed by atoms with E-state index in [0.29, 0.717) is 10.8 Å². The molecule has 0 amide bonds. The molecule has 4 saturated carbocycles. The summed E-state index contributed by atoms with van der Waals surface area (Å²) in [5.74, 6) is 4.37. The van der Waals surface area contributed by atoms with Gasteiger partial charge in [0.1, 0.15) is 0 Å². The topological polar surface area (TPSA) is 40.5 Å². The lowest BCUT2D eigenvalue weighted by molar-refractivity contribution is -0.146. The van der Waals surface area contributed by atoms with Gasteiger partial charge in [-0.3, -0.25) is 0 Å². The molecule has 0 bridgehead atoms. The second-order valence-corrected chi connectivity index (χ2v) is 12.9. The highest BCUT2D eigenvalue weighted by atomic mass is 16.3. The highest BCUT2D eigenvalue weighted by Crippen LogP contribution is 2.68. The van der Waals surface area contributed by atoms with Crippen LogP contribution in [0.2, 0.25) is 0 Å². The van der Waals surface area contributed by atoms with Crippen molar-refractivity contribution in [1.82, 2.24) is 0 Å². The molecule has 4 fully saturated rings.